The lowest BCUT2D eigenvalue weighted by Gasteiger charge is -2.31. The first-order chi connectivity index (χ1) is 10.8. The van der Waals surface area contributed by atoms with Crippen LogP contribution in [0.5, 0.6) is 0 Å². The maximum absolute atomic E-state index is 10.7. The van der Waals surface area contributed by atoms with Gasteiger partial charge in [0.15, 0.2) is 0 Å². The van der Waals surface area contributed by atoms with Gasteiger partial charge in [0.2, 0.25) is 0 Å². The van der Waals surface area contributed by atoms with Crippen molar-refractivity contribution in [2.24, 2.45) is 0 Å². The van der Waals surface area contributed by atoms with Gasteiger partial charge in [-0.15, -0.1) is 11.3 Å². The molecule has 0 saturated heterocycles. The number of thiazole rings is 1. The molecule has 1 N–H and O–H groups in total. The van der Waals surface area contributed by atoms with Gasteiger partial charge in [0.05, 0.1) is 17.8 Å². The molecule has 0 bridgehead atoms. The number of carboxylic acids is 1. The van der Waals surface area contributed by atoms with Crippen molar-refractivity contribution in [2.45, 2.75) is 46.2 Å². The lowest BCUT2D eigenvalue weighted by atomic mass is 10.0. The Hall–Kier alpha value is -1.72. The van der Waals surface area contributed by atoms with Crippen LogP contribution >= 0.6 is 11.3 Å². The second kappa shape index (κ2) is 7.23. The number of rotatable bonds is 6. The smallest absolute Gasteiger partial charge is 0.124 e. The summed E-state index contributed by atoms with van der Waals surface area (Å²) in [5.74, 6) is -1.09. The predicted octanol–water partition coefficient (Wildman–Crippen LogP) is 1.31. The van der Waals surface area contributed by atoms with Crippen molar-refractivity contribution in [1.29, 1.82) is 0 Å². The molecule has 0 aliphatic heterocycles. The number of hydrogen-bond donors (Lipinski definition) is 1. The number of carbonyl (C=O) groups is 1. The van der Waals surface area contributed by atoms with Gasteiger partial charge in [-0.3, -0.25) is 0 Å². The van der Waals surface area contributed by atoms with E-state index in [0.29, 0.717) is 5.69 Å². The summed E-state index contributed by atoms with van der Waals surface area (Å²) in [5, 5.41) is 13.4. The van der Waals surface area contributed by atoms with Crippen LogP contribution in [0.1, 0.15) is 39.0 Å². The Kier molecular flexibility index (Phi) is 5.55. The van der Waals surface area contributed by atoms with Crippen molar-refractivity contribution in [3.63, 3.8) is 0 Å². The molecule has 23 heavy (non-hydrogen) atoms. The standard InChI is InChI=1S/C18H24N2O2S/c1-5-20(18(2,3)4)11-13-8-6-7-9-15(13)17-19-14(12-23-17)10-16(21)22/h6-9,12H,5,10-11H2,1-4H3,(H,21,22). The highest BCUT2D eigenvalue weighted by molar-refractivity contribution is 7.13. The van der Waals surface area contributed by atoms with E-state index < -0.39 is 5.97 Å². The summed E-state index contributed by atoms with van der Waals surface area (Å²) in [6, 6.07) is 8.25. The largest absolute Gasteiger partial charge is 0.550 e. The van der Waals surface area contributed by atoms with Crippen molar-refractivity contribution in [3.8, 4) is 10.6 Å². The van der Waals surface area contributed by atoms with Gasteiger partial charge in [0.25, 0.3) is 0 Å². The second-order valence-corrected chi connectivity index (χ2v) is 7.59. The highest BCUT2D eigenvalue weighted by Crippen LogP contribution is 2.27. The fourth-order valence-corrected chi connectivity index (χ4v) is 3.57. The Bertz CT molecular complexity index is 674. The summed E-state index contributed by atoms with van der Waals surface area (Å²) in [7, 11) is 0. The minimum Gasteiger partial charge on any atom is -0.550 e. The predicted molar refractivity (Wildman–Crippen MR) is 91.2 cm³/mol. The fourth-order valence-electron chi connectivity index (χ4n) is 2.69. The third kappa shape index (κ3) is 4.62. The summed E-state index contributed by atoms with van der Waals surface area (Å²) in [4.78, 5) is 16.7. The lowest BCUT2D eigenvalue weighted by molar-refractivity contribution is -0.958. The molecule has 124 valence electrons. The molecule has 0 spiro atoms. The average molecular weight is 332 g/mol. The zero-order valence-corrected chi connectivity index (χ0v) is 15.0. The highest BCUT2D eigenvalue weighted by Gasteiger charge is 2.25. The number of benzene rings is 1. The number of carboxylic acid groups (broad SMARTS) is 1. The van der Waals surface area contributed by atoms with E-state index in [4.69, 9.17) is 0 Å². The number of aliphatic carboxylic acids is 1. The number of carbonyl (C=O) groups excluding carboxylic acids is 1. The van der Waals surface area contributed by atoms with E-state index in [-0.39, 0.29) is 12.0 Å². The number of nitrogens with one attached hydrogen (secondary N) is 1. The van der Waals surface area contributed by atoms with Crippen LogP contribution in [0.15, 0.2) is 29.6 Å². The molecule has 2 aromatic rings. The fraction of sp³-hybridized carbons (Fsp3) is 0.444. The van der Waals surface area contributed by atoms with Crippen molar-refractivity contribution < 1.29 is 14.8 Å². The molecule has 1 unspecified atom stereocenters. The molecule has 2 rings (SSSR count). The Balaban J connectivity index is 2.30. The van der Waals surface area contributed by atoms with E-state index in [9.17, 15) is 9.90 Å². The van der Waals surface area contributed by atoms with E-state index in [0.717, 1.165) is 23.7 Å². The third-order valence-electron chi connectivity index (χ3n) is 4.02. The molecule has 4 nitrogen and oxygen atoms in total. The van der Waals surface area contributed by atoms with Crippen molar-refractivity contribution >= 4 is 17.3 Å². The van der Waals surface area contributed by atoms with Gasteiger partial charge < -0.3 is 14.8 Å². The lowest BCUT2D eigenvalue weighted by Crippen LogP contribution is -3.17. The van der Waals surface area contributed by atoms with Crippen LogP contribution in [0, 0.1) is 0 Å². The Morgan fingerprint density at radius 2 is 2.00 bits per heavy atom. The van der Waals surface area contributed by atoms with E-state index >= 15 is 0 Å². The van der Waals surface area contributed by atoms with Crippen molar-refractivity contribution in [3.05, 3.63) is 40.9 Å². The molecule has 5 heteroatoms. The summed E-state index contributed by atoms with van der Waals surface area (Å²) in [6.07, 6.45) is -0.132. The molecule has 1 atom stereocenters. The first-order valence-corrected chi connectivity index (χ1v) is 8.77. The summed E-state index contributed by atoms with van der Waals surface area (Å²) in [5.41, 5.74) is 3.08. The van der Waals surface area contributed by atoms with Gasteiger partial charge in [0.1, 0.15) is 11.6 Å². The molecule has 1 aromatic carbocycles. The molecule has 0 amide bonds. The molecule has 0 fully saturated rings. The molecular formula is C18H24N2O2S. The second-order valence-electron chi connectivity index (χ2n) is 6.73. The Morgan fingerprint density at radius 3 is 2.61 bits per heavy atom. The zero-order valence-electron chi connectivity index (χ0n) is 14.2. The first kappa shape index (κ1) is 17.6. The van der Waals surface area contributed by atoms with E-state index in [2.05, 4.69) is 44.8 Å². The summed E-state index contributed by atoms with van der Waals surface area (Å²) in [6.45, 7) is 10.9. The number of hydrogen-bond acceptors (Lipinski definition) is 4. The molecule has 0 aliphatic rings. The van der Waals surface area contributed by atoms with Crippen LogP contribution in [-0.2, 0) is 17.8 Å². The Labute approximate surface area is 141 Å². The van der Waals surface area contributed by atoms with Crippen LogP contribution in [-0.4, -0.2) is 23.0 Å². The minimum atomic E-state index is -1.09. The van der Waals surface area contributed by atoms with Gasteiger partial charge in [-0.05, 0) is 27.7 Å². The highest BCUT2D eigenvalue weighted by atomic mass is 32.1. The van der Waals surface area contributed by atoms with Crippen LogP contribution in [0.2, 0.25) is 0 Å². The van der Waals surface area contributed by atoms with Gasteiger partial charge in [-0.25, -0.2) is 4.98 Å². The van der Waals surface area contributed by atoms with Crippen LogP contribution in [0.25, 0.3) is 10.6 Å². The first-order valence-electron chi connectivity index (χ1n) is 7.89. The maximum atomic E-state index is 10.7. The monoisotopic (exact) mass is 332 g/mol. The average Bonchev–Trinajstić information content (AvgIpc) is 2.91. The van der Waals surface area contributed by atoms with E-state index in [1.54, 1.807) is 5.38 Å². The van der Waals surface area contributed by atoms with Crippen molar-refractivity contribution in [2.75, 3.05) is 6.54 Å². The number of quaternary nitrogens is 1. The SMILES string of the molecule is CC[NH+](Cc1ccccc1-c1nc(CC(=O)[O-])cs1)C(C)(C)C. The molecule has 1 heterocycles. The van der Waals surface area contributed by atoms with Crippen LogP contribution in [0.4, 0.5) is 0 Å². The normalized spacial score (nSPS) is 13.0. The molecule has 0 saturated carbocycles. The van der Waals surface area contributed by atoms with Gasteiger partial charge in [0, 0.05) is 28.9 Å². The van der Waals surface area contributed by atoms with E-state index in [1.807, 2.05) is 12.1 Å². The summed E-state index contributed by atoms with van der Waals surface area (Å²) >= 11 is 1.49. The minimum absolute atomic E-state index is 0.132. The molecule has 0 aliphatic carbocycles. The van der Waals surface area contributed by atoms with Crippen LogP contribution < -0.4 is 10.0 Å². The quantitative estimate of drug-likeness (QED) is 0.868. The van der Waals surface area contributed by atoms with Gasteiger partial charge >= 0.3 is 0 Å². The molecule has 0 radical (unpaired) electrons. The number of aromatic nitrogens is 1. The molecular weight excluding hydrogens is 308 g/mol. The zero-order chi connectivity index (χ0) is 17.0. The van der Waals surface area contributed by atoms with Crippen molar-refractivity contribution in [1.82, 2.24) is 4.98 Å². The van der Waals surface area contributed by atoms with Crippen LogP contribution in [0.3, 0.4) is 0 Å². The van der Waals surface area contributed by atoms with Gasteiger partial charge in [-0.2, -0.15) is 0 Å². The third-order valence-corrected chi connectivity index (χ3v) is 4.94. The maximum Gasteiger partial charge on any atom is 0.124 e. The topological polar surface area (TPSA) is 57.5 Å². The summed E-state index contributed by atoms with van der Waals surface area (Å²) < 4.78 is 0. The van der Waals surface area contributed by atoms with Gasteiger partial charge in [-0.1, -0.05) is 24.3 Å². The number of nitrogens with zero attached hydrogens (tertiary/aromatic N) is 1. The molecule has 1 aromatic heterocycles. The van der Waals surface area contributed by atoms with E-state index in [1.165, 1.54) is 21.8 Å². The Morgan fingerprint density at radius 1 is 1.30 bits per heavy atom.